The van der Waals surface area contributed by atoms with Crippen LogP contribution in [0.15, 0.2) is 0 Å². The number of hydrogen-bond acceptors (Lipinski definition) is 5. The number of amides is 1. The number of hydrogen-bond donors (Lipinski definition) is 2. The van der Waals surface area contributed by atoms with Crippen molar-refractivity contribution < 1.29 is 27.3 Å². The monoisotopic (exact) mass is 313 g/mol. The zero-order chi connectivity index (χ0) is 15.1. The summed E-state index contributed by atoms with van der Waals surface area (Å²) in [6.45, 7) is 2.70. The Morgan fingerprint density at radius 3 is 2.37 bits per heavy atom. The highest BCUT2D eigenvalue weighted by atomic mass is 32.2. The smallest absolute Gasteiger partial charge is 0.327 e. The Hall–Kier alpha value is -0.960. The predicted octanol–water partition coefficient (Wildman–Crippen LogP) is -0.851. The standard InChI is InChI=1S/C10H19NO6S2/c1-3-19(16,17)6-4-5-18(15)7-9(10(13)14)11-8(2)12/h9H,3-7H2,1-2H3,(H,11,12)(H,13,14). The number of carbonyl (C=O) groups excluding carboxylic acids is 1. The highest BCUT2D eigenvalue weighted by Gasteiger charge is 2.21. The minimum Gasteiger partial charge on any atom is -0.480 e. The molecule has 112 valence electrons. The summed E-state index contributed by atoms with van der Waals surface area (Å²) in [4.78, 5) is 21.6. The molecule has 2 unspecified atom stereocenters. The molecule has 2 atom stereocenters. The Morgan fingerprint density at radius 2 is 1.95 bits per heavy atom. The number of sulfone groups is 1. The minimum atomic E-state index is -3.10. The summed E-state index contributed by atoms with van der Waals surface area (Å²) in [7, 11) is -4.58. The van der Waals surface area contributed by atoms with Crippen LogP contribution in [-0.4, -0.2) is 58.7 Å². The average molecular weight is 313 g/mol. The van der Waals surface area contributed by atoms with Gasteiger partial charge >= 0.3 is 5.97 Å². The number of carboxylic acids is 1. The van der Waals surface area contributed by atoms with Crippen molar-refractivity contribution >= 4 is 32.5 Å². The number of carboxylic acid groups (broad SMARTS) is 1. The van der Waals surface area contributed by atoms with Crippen molar-refractivity contribution in [3.8, 4) is 0 Å². The second kappa shape index (κ2) is 8.26. The maximum Gasteiger partial charge on any atom is 0.327 e. The van der Waals surface area contributed by atoms with Crippen LogP contribution < -0.4 is 5.32 Å². The fourth-order valence-corrected chi connectivity index (χ4v) is 3.56. The number of nitrogens with one attached hydrogen (secondary N) is 1. The summed E-state index contributed by atoms with van der Waals surface area (Å²) in [5, 5.41) is 11.0. The van der Waals surface area contributed by atoms with E-state index in [4.69, 9.17) is 5.11 Å². The van der Waals surface area contributed by atoms with Gasteiger partial charge in [-0.2, -0.15) is 0 Å². The van der Waals surface area contributed by atoms with Gasteiger partial charge in [-0.05, 0) is 6.42 Å². The summed E-state index contributed by atoms with van der Waals surface area (Å²) in [5.74, 6) is -1.93. The highest BCUT2D eigenvalue weighted by molar-refractivity contribution is 7.91. The second-order valence-corrected chi connectivity index (χ2v) is 8.09. The zero-order valence-electron chi connectivity index (χ0n) is 10.9. The van der Waals surface area contributed by atoms with Gasteiger partial charge in [0.05, 0.1) is 11.5 Å². The zero-order valence-corrected chi connectivity index (χ0v) is 12.6. The number of rotatable bonds is 9. The first-order chi connectivity index (χ1) is 8.68. The normalized spacial score (nSPS) is 14.6. The molecule has 1 amide bonds. The van der Waals surface area contributed by atoms with Crippen molar-refractivity contribution in [2.45, 2.75) is 26.3 Å². The highest BCUT2D eigenvalue weighted by Crippen LogP contribution is 1.98. The van der Waals surface area contributed by atoms with Crippen LogP contribution in [-0.2, 0) is 30.2 Å². The molecule has 0 heterocycles. The molecule has 0 saturated carbocycles. The lowest BCUT2D eigenvalue weighted by Crippen LogP contribution is -2.43. The lowest BCUT2D eigenvalue weighted by molar-refractivity contribution is -0.140. The second-order valence-electron chi connectivity index (χ2n) is 3.99. The van der Waals surface area contributed by atoms with Crippen LogP contribution in [0, 0.1) is 0 Å². The first-order valence-electron chi connectivity index (χ1n) is 5.73. The third kappa shape index (κ3) is 8.71. The average Bonchev–Trinajstić information content (AvgIpc) is 2.27. The summed E-state index contributed by atoms with van der Waals surface area (Å²) < 4.78 is 34.0. The molecular formula is C10H19NO6S2. The van der Waals surface area contributed by atoms with Gasteiger partial charge in [-0.25, -0.2) is 13.2 Å². The molecule has 9 heteroatoms. The molecule has 7 nitrogen and oxygen atoms in total. The lowest BCUT2D eigenvalue weighted by atomic mass is 10.3. The first-order valence-corrected chi connectivity index (χ1v) is 9.04. The van der Waals surface area contributed by atoms with Crippen molar-refractivity contribution in [1.29, 1.82) is 0 Å². The van der Waals surface area contributed by atoms with E-state index < -0.39 is 38.6 Å². The molecule has 0 aromatic heterocycles. The SMILES string of the molecule is CCS(=O)(=O)CCCS(=O)CC(NC(C)=O)C(=O)O. The third-order valence-electron chi connectivity index (χ3n) is 2.30. The fourth-order valence-electron chi connectivity index (χ4n) is 1.27. The largest absolute Gasteiger partial charge is 0.480 e. The molecule has 0 aliphatic carbocycles. The van der Waals surface area contributed by atoms with Crippen molar-refractivity contribution in [2.24, 2.45) is 0 Å². The molecule has 0 saturated heterocycles. The van der Waals surface area contributed by atoms with Crippen LogP contribution >= 0.6 is 0 Å². The number of aliphatic carboxylic acids is 1. The Bertz CT molecular complexity index is 445. The van der Waals surface area contributed by atoms with Crippen molar-refractivity contribution in [3.05, 3.63) is 0 Å². The quantitative estimate of drug-likeness (QED) is 0.572. The van der Waals surface area contributed by atoms with E-state index in [9.17, 15) is 22.2 Å². The van der Waals surface area contributed by atoms with Gasteiger partial charge in [-0.3, -0.25) is 9.00 Å². The molecular weight excluding hydrogens is 294 g/mol. The molecule has 19 heavy (non-hydrogen) atoms. The van der Waals surface area contributed by atoms with Gasteiger partial charge in [0.15, 0.2) is 0 Å². The van der Waals surface area contributed by atoms with Crippen LogP contribution in [0.2, 0.25) is 0 Å². The summed E-state index contributed by atoms with van der Waals surface area (Å²) in [5.41, 5.74) is 0. The van der Waals surface area contributed by atoms with E-state index >= 15 is 0 Å². The van der Waals surface area contributed by atoms with E-state index in [1.54, 1.807) is 0 Å². The Morgan fingerprint density at radius 1 is 1.37 bits per heavy atom. The van der Waals surface area contributed by atoms with Gasteiger partial charge in [0.2, 0.25) is 5.91 Å². The van der Waals surface area contributed by atoms with Crippen LogP contribution in [0.1, 0.15) is 20.3 Å². The molecule has 0 fully saturated rings. The summed E-state index contributed by atoms with van der Waals surface area (Å²) in [6.07, 6.45) is 0.217. The maximum absolute atomic E-state index is 11.6. The minimum absolute atomic E-state index is 0.0310. The predicted molar refractivity (Wildman–Crippen MR) is 72.1 cm³/mol. The molecule has 2 N–H and O–H groups in total. The van der Waals surface area contributed by atoms with Crippen molar-refractivity contribution in [2.75, 3.05) is 23.0 Å². The molecule has 0 aromatic carbocycles. The molecule has 0 radical (unpaired) electrons. The Kier molecular flexibility index (Phi) is 7.84. The van der Waals surface area contributed by atoms with Gasteiger partial charge in [-0.15, -0.1) is 0 Å². The van der Waals surface area contributed by atoms with Gasteiger partial charge in [-0.1, -0.05) is 6.92 Å². The van der Waals surface area contributed by atoms with Crippen LogP contribution in [0.25, 0.3) is 0 Å². The van der Waals surface area contributed by atoms with Crippen molar-refractivity contribution in [3.63, 3.8) is 0 Å². The third-order valence-corrected chi connectivity index (χ3v) is 5.53. The molecule has 0 spiro atoms. The van der Waals surface area contributed by atoms with E-state index in [0.29, 0.717) is 0 Å². The molecule has 0 aliphatic heterocycles. The summed E-state index contributed by atoms with van der Waals surface area (Å²) in [6, 6.07) is -1.21. The Labute approximate surface area is 115 Å². The molecule has 0 aliphatic rings. The van der Waals surface area contributed by atoms with Gasteiger partial charge < -0.3 is 10.4 Å². The molecule has 0 aromatic rings. The van der Waals surface area contributed by atoms with Gasteiger partial charge in [0.1, 0.15) is 15.9 Å². The van der Waals surface area contributed by atoms with E-state index in [1.807, 2.05) is 0 Å². The number of carbonyl (C=O) groups is 2. The maximum atomic E-state index is 11.6. The van der Waals surface area contributed by atoms with E-state index in [0.717, 1.165) is 0 Å². The van der Waals surface area contributed by atoms with Gasteiger partial charge in [0, 0.05) is 29.2 Å². The van der Waals surface area contributed by atoms with E-state index in [-0.39, 0.29) is 29.4 Å². The fraction of sp³-hybridized carbons (Fsp3) is 0.800. The molecule has 0 rings (SSSR count). The first kappa shape index (κ1) is 18.0. The van der Waals surface area contributed by atoms with Crippen molar-refractivity contribution in [1.82, 2.24) is 5.32 Å². The van der Waals surface area contributed by atoms with Crippen LogP contribution in [0.5, 0.6) is 0 Å². The van der Waals surface area contributed by atoms with E-state index in [2.05, 4.69) is 5.32 Å². The van der Waals surface area contributed by atoms with Crippen LogP contribution in [0.4, 0.5) is 0 Å². The van der Waals surface area contributed by atoms with E-state index in [1.165, 1.54) is 13.8 Å². The topological polar surface area (TPSA) is 118 Å². The molecule has 0 bridgehead atoms. The van der Waals surface area contributed by atoms with Gasteiger partial charge in [0.25, 0.3) is 0 Å². The lowest BCUT2D eigenvalue weighted by Gasteiger charge is -2.12. The Balaban J connectivity index is 4.21. The summed E-state index contributed by atoms with van der Waals surface area (Å²) >= 11 is 0. The van der Waals surface area contributed by atoms with Crippen LogP contribution in [0.3, 0.4) is 0 Å².